The molecule has 0 radical (unpaired) electrons. The summed E-state index contributed by atoms with van der Waals surface area (Å²) >= 11 is 0. The average molecular weight is 343 g/mol. The summed E-state index contributed by atoms with van der Waals surface area (Å²) in [4.78, 5) is 12.2. The third-order valence-corrected chi connectivity index (χ3v) is 4.52. The van der Waals surface area contributed by atoms with E-state index in [0.717, 1.165) is 37.7 Å². The predicted octanol–water partition coefficient (Wildman–Crippen LogP) is 2.94. The number of aryl methyl sites for hydroxylation is 2. The number of hydrogen-bond acceptors (Lipinski definition) is 4. The summed E-state index contributed by atoms with van der Waals surface area (Å²) in [6.07, 6.45) is 3.04. The van der Waals surface area contributed by atoms with Gasteiger partial charge in [0, 0.05) is 25.1 Å². The quantitative estimate of drug-likeness (QED) is 0.839. The Hall–Kier alpha value is -2.34. The molecule has 0 saturated carbocycles. The van der Waals surface area contributed by atoms with E-state index >= 15 is 0 Å². The number of nitrogens with zero attached hydrogens (tertiary/aromatic N) is 2. The molecule has 1 aliphatic rings. The van der Waals surface area contributed by atoms with E-state index in [9.17, 15) is 4.79 Å². The number of hydrogen-bond donors (Lipinski definition) is 1. The van der Waals surface area contributed by atoms with Crippen molar-refractivity contribution < 1.29 is 14.3 Å². The van der Waals surface area contributed by atoms with Gasteiger partial charge in [0.25, 0.3) is 0 Å². The lowest BCUT2D eigenvalue weighted by Crippen LogP contribution is -2.20. The zero-order valence-corrected chi connectivity index (χ0v) is 14.8. The van der Waals surface area contributed by atoms with Crippen molar-refractivity contribution in [1.82, 2.24) is 9.78 Å². The highest BCUT2D eigenvalue weighted by Crippen LogP contribution is 2.18. The van der Waals surface area contributed by atoms with Crippen molar-refractivity contribution >= 4 is 11.7 Å². The highest BCUT2D eigenvalue weighted by Gasteiger charge is 2.18. The number of ether oxygens (including phenoxy) is 2. The van der Waals surface area contributed by atoms with Crippen molar-refractivity contribution in [3.8, 4) is 5.75 Å². The fraction of sp³-hybridized carbons (Fsp3) is 0.474. The van der Waals surface area contributed by atoms with Crippen LogP contribution in [0.4, 0.5) is 5.82 Å². The smallest absolute Gasteiger partial charge is 0.228 e. The topological polar surface area (TPSA) is 65.4 Å². The Balaban J connectivity index is 1.46. The van der Waals surface area contributed by atoms with E-state index in [0.29, 0.717) is 18.9 Å². The second kappa shape index (κ2) is 8.16. The first-order chi connectivity index (χ1) is 12.1. The maximum Gasteiger partial charge on any atom is 0.228 e. The van der Waals surface area contributed by atoms with E-state index in [4.69, 9.17) is 9.47 Å². The molecule has 1 aromatic carbocycles. The molecule has 25 heavy (non-hydrogen) atoms. The zero-order chi connectivity index (χ0) is 17.6. The maximum absolute atomic E-state index is 12.2. The molecule has 1 unspecified atom stereocenters. The number of carbonyl (C=O) groups is 1. The molecule has 1 aliphatic heterocycles. The molecule has 1 amide bonds. The molecule has 1 N–H and O–H groups in total. The molecular formula is C19H25N3O3. The van der Waals surface area contributed by atoms with E-state index in [1.54, 1.807) is 6.20 Å². The summed E-state index contributed by atoms with van der Waals surface area (Å²) in [5.41, 5.74) is 2.41. The number of benzene rings is 1. The molecule has 1 atom stereocenters. The fourth-order valence-electron chi connectivity index (χ4n) is 2.83. The molecule has 0 spiro atoms. The van der Waals surface area contributed by atoms with Crippen LogP contribution in [0.1, 0.15) is 24.0 Å². The summed E-state index contributed by atoms with van der Waals surface area (Å²) in [5.74, 6) is 1.90. The predicted molar refractivity (Wildman–Crippen MR) is 95.8 cm³/mol. The molecule has 2 aromatic rings. The molecule has 2 heterocycles. The van der Waals surface area contributed by atoms with Crippen LogP contribution in [-0.2, 0) is 16.1 Å². The van der Waals surface area contributed by atoms with Crippen LogP contribution in [0.3, 0.4) is 0 Å². The fourth-order valence-corrected chi connectivity index (χ4v) is 2.83. The first-order valence-corrected chi connectivity index (χ1v) is 8.71. The van der Waals surface area contributed by atoms with E-state index in [1.165, 1.54) is 11.1 Å². The minimum atomic E-state index is -0.0757. The molecule has 134 valence electrons. The average Bonchev–Trinajstić information content (AvgIpc) is 3.24. The summed E-state index contributed by atoms with van der Waals surface area (Å²) in [6, 6.07) is 7.76. The first kappa shape index (κ1) is 17.5. The Morgan fingerprint density at radius 3 is 3.00 bits per heavy atom. The van der Waals surface area contributed by atoms with Crippen molar-refractivity contribution in [1.29, 1.82) is 0 Å². The molecule has 0 aliphatic carbocycles. The van der Waals surface area contributed by atoms with Crippen LogP contribution in [0.15, 0.2) is 30.5 Å². The van der Waals surface area contributed by atoms with E-state index in [1.807, 2.05) is 35.9 Å². The summed E-state index contributed by atoms with van der Waals surface area (Å²) in [7, 11) is 0. The normalized spacial score (nSPS) is 16.8. The lowest BCUT2D eigenvalue weighted by atomic mass is 10.1. The standard InChI is InChI=1S/C19H25N3O3/c1-14-3-4-17(11-15(14)2)25-10-7-19(23)21-18-5-8-20-22(18)12-16-6-9-24-13-16/h3-5,8,11,16H,6-7,9-10,12-13H2,1-2H3,(H,21,23). The molecule has 1 aromatic heterocycles. The van der Waals surface area contributed by atoms with Crippen molar-refractivity contribution in [3.63, 3.8) is 0 Å². The number of carbonyl (C=O) groups excluding carboxylic acids is 1. The summed E-state index contributed by atoms with van der Waals surface area (Å²) < 4.78 is 12.9. The molecule has 3 rings (SSSR count). The third-order valence-electron chi connectivity index (χ3n) is 4.52. The lowest BCUT2D eigenvalue weighted by Gasteiger charge is -2.12. The van der Waals surface area contributed by atoms with Gasteiger partial charge in [0.1, 0.15) is 11.6 Å². The van der Waals surface area contributed by atoms with Gasteiger partial charge in [-0.3, -0.25) is 4.79 Å². The van der Waals surface area contributed by atoms with Crippen molar-refractivity contribution in [2.24, 2.45) is 5.92 Å². The Morgan fingerprint density at radius 1 is 1.36 bits per heavy atom. The molecular weight excluding hydrogens is 318 g/mol. The molecule has 0 bridgehead atoms. The molecule has 6 heteroatoms. The van der Waals surface area contributed by atoms with Crippen LogP contribution >= 0.6 is 0 Å². The van der Waals surface area contributed by atoms with E-state index in [2.05, 4.69) is 17.3 Å². The minimum Gasteiger partial charge on any atom is -0.493 e. The molecule has 1 saturated heterocycles. The van der Waals surface area contributed by atoms with E-state index < -0.39 is 0 Å². The number of aromatic nitrogens is 2. The summed E-state index contributed by atoms with van der Waals surface area (Å²) in [6.45, 7) is 6.79. The van der Waals surface area contributed by atoms with Crippen LogP contribution in [0, 0.1) is 19.8 Å². The van der Waals surface area contributed by atoms with Crippen LogP contribution in [-0.4, -0.2) is 35.5 Å². The SMILES string of the molecule is Cc1ccc(OCCC(=O)Nc2ccnn2CC2CCOC2)cc1C. The van der Waals surface area contributed by atoms with Crippen molar-refractivity contribution in [2.75, 3.05) is 25.1 Å². The number of rotatable bonds is 7. The van der Waals surface area contributed by atoms with Crippen LogP contribution in [0.5, 0.6) is 5.75 Å². The molecule has 6 nitrogen and oxygen atoms in total. The van der Waals surface area contributed by atoms with Gasteiger partial charge in [0.15, 0.2) is 0 Å². The molecule has 1 fully saturated rings. The Kier molecular flexibility index (Phi) is 5.71. The van der Waals surface area contributed by atoms with Gasteiger partial charge in [-0.2, -0.15) is 5.10 Å². The van der Waals surface area contributed by atoms with Gasteiger partial charge in [-0.1, -0.05) is 6.07 Å². The highest BCUT2D eigenvalue weighted by atomic mass is 16.5. The van der Waals surface area contributed by atoms with E-state index in [-0.39, 0.29) is 5.91 Å². The second-order valence-electron chi connectivity index (χ2n) is 6.52. The first-order valence-electron chi connectivity index (χ1n) is 8.71. The Morgan fingerprint density at radius 2 is 2.24 bits per heavy atom. The third kappa shape index (κ3) is 4.82. The highest BCUT2D eigenvalue weighted by molar-refractivity contribution is 5.89. The van der Waals surface area contributed by atoms with Gasteiger partial charge in [0.2, 0.25) is 5.91 Å². The minimum absolute atomic E-state index is 0.0757. The number of nitrogens with one attached hydrogen (secondary N) is 1. The van der Waals surface area contributed by atoms with Crippen LogP contribution in [0.2, 0.25) is 0 Å². The largest absolute Gasteiger partial charge is 0.493 e. The van der Waals surface area contributed by atoms with Gasteiger partial charge in [-0.15, -0.1) is 0 Å². The van der Waals surface area contributed by atoms with Gasteiger partial charge in [-0.25, -0.2) is 4.68 Å². The van der Waals surface area contributed by atoms with Crippen LogP contribution < -0.4 is 10.1 Å². The number of amides is 1. The van der Waals surface area contributed by atoms with Crippen molar-refractivity contribution in [3.05, 3.63) is 41.6 Å². The van der Waals surface area contributed by atoms with Crippen molar-refractivity contribution in [2.45, 2.75) is 33.2 Å². The van der Waals surface area contributed by atoms with Gasteiger partial charge < -0.3 is 14.8 Å². The van der Waals surface area contributed by atoms with Gasteiger partial charge in [0.05, 0.1) is 25.8 Å². The Labute approximate surface area is 148 Å². The van der Waals surface area contributed by atoms with Crippen LogP contribution in [0.25, 0.3) is 0 Å². The lowest BCUT2D eigenvalue weighted by molar-refractivity contribution is -0.116. The monoisotopic (exact) mass is 343 g/mol. The second-order valence-corrected chi connectivity index (χ2v) is 6.52. The number of anilines is 1. The van der Waals surface area contributed by atoms with Gasteiger partial charge >= 0.3 is 0 Å². The Bertz CT molecular complexity index is 720. The summed E-state index contributed by atoms with van der Waals surface area (Å²) in [5, 5.41) is 7.21. The maximum atomic E-state index is 12.2. The van der Waals surface area contributed by atoms with Gasteiger partial charge in [-0.05, 0) is 43.5 Å². The zero-order valence-electron chi connectivity index (χ0n) is 14.8.